The normalized spacial score (nSPS) is 21.1. The molecule has 1 aliphatic rings. The Hall–Kier alpha value is -1.79. The summed E-state index contributed by atoms with van der Waals surface area (Å²) in [6.07, 6.45) is 0. The summed E-state index contributed by atoms with van der Waals surface area (Å²) in [5, 5.41) is 8.92. The molecule has 2 N–H and O–H groups in total. The van der Waals surface area contributed by atoms with Gasteiger partial charge in [0.2, 0.25) is 0 Å². The van der Waals surface area contributed by atoms with Crippen molar-refractivity contribution in [1.82, 2.24) is 4.90 Å². The van der Waals surface area contributed by atoms with Crippen LogP contribution >= 0.6 is 0 Å². The molecule has 0 aromatic heterocycles. The molecule has 1 aromatic rings. The summed E-state index contributed by atoms with van der Waals surface area (Å²) >= 11 is 0. The summed E-state index contributed by atoms with van der Waals surface area (Å²) in [4.78, 5) is 2.21. The first kappa shape index (κ1) is 10.7. The molecule has 0 radical (unpaired) electrons. The van der Waals surface area contributed by atoms with Crippen molar-refractivity contribution in [2.24, 2.45) is 5.73 Å². The highest BCUT2D eigenvalue weighted by molar-refractivity contribution is 5.35. The molecule has 1 heterocycles. The highest BCUT2D eigenvalue weighted by atomic mass is 15.2. The van der Waals surface area contributed by atoms with Gasteiger partial charge in [-0.25, -0.2) is 0 Å². The van der Waals surface area contributed by atoms with E-state index in [0.29, 0.717) is 12.1 Å². The number of nitrogens with zero attached hydrogens (tertiary/aromatic N) is 2. The lowest BCUT2D eigenvalue weighted by Crippen LogP contribution is -2.30. The van der Waals surface area contributed by atoms with Gasteiger partial charge in [-0.1, -0.05) is 30.3 Å². The quantitative estimate of drug-likeness (QED) is 0.812. The van der Waals surface area contributed by atoms with Crippen LogP contribution in [0.1, 0.15) is 12.5 Å². The monoisotopic (exact) mass is 213 g/mol. The van der Waals surface area contributed by atoms with Gasteiger partial charge in [0, 0.05) is 24.8 Å². The lowest BCUT2D eigenvalue weighted by atomic mass is 10.2. The molecule has 0 saturated carbocycles. The molecule has 0 amide bonds. The first-order chi connectivity index (χ1) is 7.72. The van der Waals surface area contributed by atoms with Gasteiger partial charge >= 0.3 is 0 Å². The fourth-order valence-corrected chi connectivity index (χ4v) is 1.99. The second kappa shape index (κ2) is 4.38. The maximum Gasteiger partial charge on any atom is 0.0979 e. The maximum atomic E-state index is 8.92. The second-order valence-electron chi connectivity index (χ2n) is 4.11. The molecule has 1 unspecified atom stereocenters. The van der Waals surface area contributed by atoms with E-state index in [2.05, 4.69) is 23.1 Å². The maximum absolute atomic E-state index is 8.92. The summed E-state index contributed by atoms with van der Waals surface area (Å²) in [5.74, 6) is 0. The van der Waals surface area contributed by atoms with E-state index in [9.17, 15) is 0 Å². The van der Waals surface area contributed by atoms with Gasteiger partial charge in [-0.2, -0.15) is 5.26 Å². The van der Waals surface area contributed by atoms with Gasteiger partial charge in [-0.15, -0.1) is 0 Å². The van der Waals surface area contributed by atoms with Gasteiger partial charge in [-0.3, -0.25) is 4.90 Å². The van der Waals surface area contributed by atoms with Crippen LogP contribution < -0.4 is 5.73 Å². The van der Waals surface area contributed by atoms with E-state index in [4.69, 9.17) is 11.0 Å². The minimum absolute atomic E-state index is 0.162. The van der Waals surface area contributed by atoms with Crippen molar-refractivity contribution in [1.29, 1.82) is 5.26 Å². The molecule has 0 bridgehead atoms. The van der Waals surface area contributed by atoms with Crippen LogP contribution in [0.4, 0.5) is 0 Å². The zero-order chi connectivity index (χ0) is 11.5. The SMILES string of the molecule is CC1C(N)=C(C#N)CN1Cc1ccccc1. The molecule has 3 heteroatoms. The predicted octanol–water partition coefficient (Wildman–Crippen LogP) is 1.63. The van der Waals surface area contributed by atoms with Crippen LogP contribution in [0.5, 0.6) is 0 Å². The third-order valence-corrected chi connectivity index (χ3v) is 3.07. The van der Waals surface area contributed by atoms with Crippen molar-refractivity contribution >= 4 is 0 Å². The first-order valence-corrected chi connectivity index (χ1v) is 5.39. The van der Waals surface area contributed by atoms with E-state index < -0.39 is 0 Å². The molecule has 0 aliphatic carbocycles. The van der Waals surface area contributed by atoms with Crippen molar-refractivity contribution in [3.63, 3.8) is 0 Å². The second-order valence-corrected chi connectivity index (χ2v) is 4.11. The van der Waals surface area contributed by atoms with E-state index in [1.54, 1.807) is 0 Å². The molecule has 2 rings (SSSR count). The Morgan fingerprint density at radius 1 is 1.44 bits per heavy atom. The van der Waals surface area contributed by atoms with Crippen LogP contribution in [0, 0.1) is 11.3 Å². The molecule has 3 nitrogen and oxygen atoms in total. The van der Waals surface area contributed by atoms with Crippen LogP contribution in [0.25, 0.3) is 0 Å². The standard InChI is InChI=1S/C13H15N3/c1-10-13(15)12(7-14)9-16(10)8-11-5-3-2-4-6-11/h2-6,10H,8-9,15H2,1H3. The summed E-state index contributed by atoms with van der Waals surface area (Å²) in [5.41, 5.74) is 8.58. The smallest absolute Gasteiger partial charge is 0.0979 e. The van der Waals surface area contributed by atoms with Crippen LogP contribution in [0.15, 0.2) is 41.6 Å². The van der Waals surface area contributed by atoms with Gasteiger partial charge in [0.1, 0.15) is 0 Å². The average Bonchev–Trinajstić information content (AvgIpc) is 2.58. The zero-order valence-electron chi connectivity index (χ0n) is 9.35. The Balaban J connectivity index is 2.08. The van der Waals surface area contributed by atoms with Gasteiger partial charge < -0.3 is 5.73 Å². The Morgan fingerprint density at radius 3 is 2.69 bits per heavy atom. The molecule has 0 spiro atoms. The number of hydrogen-bond acceptors (Lipinski definition) is 3. The minimum Gasteiger partial charge on any atom is -0.400 e. The third kappa shape index (κ3) is 1.93. The van der Waals surface area contributed by atoms with Crippen LogP contribution in [-0.2, 0) is 6.54 Å². The van der Waals surface area contributed by atoms with Crippen LogP contribution in [0.3, 0.4) is 0 Å². The lowest BCUT2D eigenvalue weighted by Gasteiger charge is -2.21. The molecule has 0 fully saturated rings. The number of rotatable bonds is 2. The third-order valence-electron chi connectivity index (χ3n) is 3.07. The highest BCUT2D eigenvalue weighted by Gasteiger charge is 2.27. The number of benzene rings is 1. The van der Waals surface area contributed by atoms with Crippen LogP contribution in [-0.4, -0.2) is 17.5 Å². The number of nitrogens with two attached hydrogens (primary N) is 1. The van der Waals surface area contributed by atoms with E-state index in [-0.39, 0.29) is 6.04 Å². The van der Waals surface area contributed by atoms with Gasteiger partial charge in [0.15, 0.2) is 0 Å². The summed E-state index contributed by atoms with van der Waals surface area (Å²) in [7, 11) is 0. The lowest BCUT2D eigenvalue weighted by molar-refractivity contribution is 0.268. The molecule has 1 aliphatic heterocycles. The predicted molar refractivity (Wildman–Crippen MR) is 63.1 cm³/mol. The molecule has 16 heavy (non-hydrogen) atoms. The fraction of sp³-hybridized carbons (Fsp3) is 0.308. The van der Waals surface area contributed by atoms with E-state index in [0.717, 1.165) is 12.2 Å². The molecule has 82 valence electrons. The van der Waals surface area contributed by atoms with Crippen molar-refractivity contribution in [3.8, 4) is 6.07 Å². The van der Waals surface area contributed by atoms with Crippen LogP contribution in [0.2, 0.25) is 0 Å². The van der Waals surface area contributed by atoms with E-state index >= 15 is 0 Å². The molecular weight excluding hydrogens is 198 g/mol. The van der Waals surface area contributed by atoms with Crippen molar-refractivity contribution in [2.75, 3.05) is 6.54 Å². The summed E-state index contributed by atoms with van der Waals surface area (Å²) in [6, 6.07) is 12.6. The highest BCUT2D eigenvalue weighted by Crippen LogP contribution is 2.22. The Labute approximate surface area is 95.8 Å². The molecular formula is C13H15N3. The molecule has 1 aromatic carbocycles. The summed E-state index contributed by atoms with van der Waals surface area (Å²) in [6.45, 7) is 3.55. The Kier molecular flexibility index (Phi) is 2.93. The summed E-state index contributed by atoms with van der Waals surface area (Å²) < 4.78 is 0. The number of hydrogen-bond donors (Lipinski definition) is 1. The van der Waals surface area contributed by atoms with Gasteiger partial charge in [0.25, 0.3) is 0 Å². The molecule has 0 saturated heterocycles. The van der Waals surface area contributed by atoms with Crippen molar-refractivity contribution in [3.05, 3.63) is 47.2 Å². The topological polar surface area (TPSA) is 53.1 Å². The van der Waals surface area contributed by atoms with Gasteiger partial charge in [0.05, 0.1) is 11.6 Å². The zero-order valence-corrected chi connectivity index (χ0v) is 9.35. The first-order valence-electron chi connectivity index (χ1n) is 5.39. The fourth-order valence-electron chi connectivity index (χ4n) is 1.99. The van der Waals surface area contributed by atoms with E-state index in [1.165, 1.54) is 5.56 Å². The van der Waals surface area contributed by atoms with Gasteiger partial charge in [-0.05, 0) is 12.5 Å². The van der Waals surface area contributed by atoms with Crippen molar-refractivity contribution < 1.29 is 0 Å². The number of nitriles is 1. The Morgan fingerprint density at radius 2 is 2.12 bits per heavy atom. The average molecular weight is 213 g/mol. The van der Waals surface area contributed by atoms with Crippen molar-refractivity contribution in [2.45, 2.75) is 19.5 Å². The minimum atomic E-state index is 0.162. The Bertz CT molecular complexity index is 442. The molecule has 1 atom stereocenters. The largest absolute Gasteiger partial charge is 0.400 e. The van der Waals surface area contributed by atoms with E-state index in [1.807, 2.05) is 25.1 Å².